The predicted octanol–water partition coefficient (Wildman–Crippen LogP) is 2.03. The van der Waals surface area contributed by atoms with Gasteiger partial charge in [0, 0.05) is 10.3 Å². The van der Waals surface area contributed by atoms with Crippen molar-refractivity contribution in [2.75, 3.05) is 23.9 Å². The van der Waals surface area contributed by atoms with Gasteiger partial charge >= 0.3 is 0 Å². The summed E-state index contributed by atoms with van der Waals surface area (Å²) >= 11 is 7.44. The molecule has 1 aromatic carbocycles. The molecule has 0 amide bonds. The second-order valence-electron chi connectivity index (χ2n) is 4.70. The fourth-order valence-corrected chi connectivity index (χ4v) is 6.15. The minimum Gasteiger partial charge on any atom is -0.495 e. The second-order valence-corrected chi connectivity index (χ2v) is 8.52. The van der Waals surface area contributed by atoms with Gasteiger partial charge in [-0.1, -0.05) is 23.4 Å². The molecule has 0 spiro atoms. The molecule has 0 radical (unpaired) electrons. The van der Waals surface area contributed by atoms with Crippen molar-refractivity contribution in [3.63, 3.8) is 0 Å². The summed E-state index contributed by atoms with van der Waals surface area (Å²) in [6.07, 6.45) is 0. The van der Waals surface area contributed by atoms with E-state index in [1.54, 1.807) is 25.3 Å². The van der Waals surface area contributed by atoms with Crippen molar-refractivity contribution in [2.24, 2.45) is 4.99 Å². The van der Waals surface area contributed by atoms with E-state index in [1.807, 2.05) is 0 Å². The highest BCUT2D eigenvalue weighted by Crippen LogP contribution is 2.36. The Morgan fingerprint density at radius 1 is 1.45 bits per heavy atom. The lowest BCUT2D eigenvalue weighted by Crippen LogP contribution is -2.13. The van der Waals surface area contributed by atoms with E-state index in [1.165, 1.54) is 11.8 Å². The number of nitrogens with zero attached hydrogens (tertiary/aromatic N) is 1. The Bertz CT molecular complexity index is 675. The number of rotatable bonds is 2. The van der Waals surface area contributed by atoms with Crippen LogP contribution < -0.4 is 10.1 Å². The number of nitrogens with one attached hydrogen (secondary N) is 1. The minimum absolute atomic E-state index is 0.0210. The van der Waals surface area contributed by atoms with Gasteiger partial charge in [0.15, 0.2) is 15.0 Å². The van der Waals surface area contributed by atoms with Gasteiger partial charge in [0.05, 0.1) is 30.3 Å². The summed E-state index contributed by atoms with van der Waals surface area (Å²) in [6, 6.07) is 5.14. The van der Waals surface area contributed by atoms with Crippen LogP contribution in [0.25, 0.3) is 0 Å². The number of sulfone groups is 1. The van der Waals surface area contributed by atoms with E-state index in [0.29, 0.717) is 10.8 Å². The fraction of sp³-hybridized carbons (Fsp3) is 0.417. The first-order chi connectivity index (χ1) is 9.47. The van der Waals surface area contributed by atoms with Gasteiger partial charge in [-0.05, 0) is 18.2 Å². The van der Waals surface area contributed by atoms with Crippen molar-refractivity contribution in [3.05, 3.63) is 23.2 Å². The lowest BCUT2D eigenvalue weighted by Gasteiger charge is -2.11. The zero-order valence-electron chi connectivity index (χ0n) is 10.7. The molecular weight excluding hydrogens is 320 g/mol. The number of anilines is 1. The number of hydrogen-bond donors (Lipinski definition) is 1. The van der Waals surface area contributed by atoms with Gasteiger partial charge in [-0.3, -0.25) is 4.99 Å². The Morgan fingerprint density at radius 2 is 2.25 bits per heavy atom. The smallest absolute Gasteiger partial charge is 0.161 e. The summed E-state index contributed by atoms with van der Waals surface area (Å²) in [5.74, 6) is 1.01. The maximum Gasteiger partial charge on any atom is 0.161 e. The Hall–Kier alpha value is -0.920. The third kappa shape index (κ3) is 2.75. The maximum atomic E-state index is 11.5. The van der Waals surface area contributed by atoms with Crippen LogP contribution in [0.4, 0.5) is 5.69 Å². The van der Waals surface area contributed by atoms with Crippen molar-refractivity contribution in [3.8, 4) is 5.75 Å². The molecule has 2 aliphatic rings. The molecule has 2 unspecified atom stereocenters. The van der Waals surface area contributed by atoms with Crippen LogP contribution in [-0.2, 0) is 9.84 Å². The number of halogens is 1. The van der Waals surface area contributed by atoms with Crippen molar-refractivity contribution < 1.29 is 13.2 Å². The summed E-state index contributed by atoms with van der Waals surface area (Å²) in [5, 5.41) is 4.50. The third-order valence-corrected chi connectivity index (χ3v) is 6.60. The van der Waals surface area contributed by atoms with E-state index in [4.69, 9.17) is 16.3 Å². The number of amidine groups is 1. The number of fused-ring (bicyclic) bond motifs is 1. The molecule has 20 heavy (non-hydrogen) atoms. The van der Waals surface area contributed by atoms with Gasteiger partial charge in [0.1, 0.15) is 5.75 Å². The van der Waals surface area contributed by atoms with Crippen molar-refractivity contribution in [1.82, 2.24) is 0 Å². The average molecular weight is 333 g/mol. The number of benzene rings is 1. The van der Waals surface area contributed by atoms with Crippen LogP contribution in [0.5, 0.6) is 5.75 Å². The largest absolute Gasteiger partial charge is 0.495 e. The molecule has 3 rings (SSSR count). The molecule has 0 saturated carbocycles. The standard InChI is InChI=1S/C12H13ClN2O3S2/c1-18-10-3-2-7(13)4-8(10)14-12-15-9-5-20(16,17)6-11(9)19-12/h2-4,9,11H,5-6H2,1H3,(H,14,15). The molecule has 108 valence electrons. The van der Waals surface area contributed by atoms with Gasteiger partial charge < -0.3 is 10.1 Å². The minimum atomic E-state index is -2.92. The Labute approximate surface area is 126 Å². The predicted molar refractivity (Wildman–Crippen MR) is 82.9 cm³/mol. The topological polar surface area (TPSA) is 67.8 Å². The van der Waals surface area contributed by atoms with Crippen LogP contribution >= 0.6 is 23.4 Å². The van der Waals surface area contributed by atoms with Gasteiger partial charge in [-0.25, -0.2) is 8.42 Å². The van der Waals surface area contributed by atoms with Gasteiger partial charge in [0.2, 0.25) is 0 Å². The monoisotopic (exact) mass is 332 g/mol. The normalized spacial score (nSPS) is 27.0. The molecule has 1 N–H and O–H groups in total. The van der Waals surface area contributed by atoms with E-state index in [2.05, 4.69) is 10.3 Å². The third-order valence-electron chi connectivity index (χ3n) is 3.22. The Balaban J connectivity index is 1.79. The highest BCUT2D eigenvalue weighted by atomic mass is 35.5. The molecule has 1 saturated heterocycles. The zero-order chi connectivity index (χ0) is 14.3. The second kappa shape index (κ2) is 5.13. The van der Waals surface area contributed by atoms with E-state index < -0.39 is 9.84 Å². The molecule has 5 nitrogen and oxygen atoms in total. The van der Waals surface area contributed by atoms with Crippen LogP contribution in [0.15, 0.2) is 23.2 Å². The van der Waals surface area contributed by atoms with E-state index >= 15 is 0 Å². The molecule has 0 bridgehead atoms. The number of thioether (sulfide) groups is 1. The molecule has 0 aliphatic carbocycles. The summed E-state index contributed by atoms with van der Waals surface area (Å²) in [4.78, 5) is 4.44. The highest BCUT2D eigenvalue weighted by Gasteiger charge is 2.42. The molecular formula is C12H13ClN2O3S2. The van der Waals surface area contributed by atoms with Crippen molar-refractivity contribution in [2.45, 2.75) is 11.3 Å². The summed E-state index contributed by atoms with van der Waals surface area (Å²) in [5.41, 5.74) is 0.731. The molecule has 0 aromatic heterocycles. The van der Waals surface area contributed by atoms with Crippen LogP contribution in [0.1, 0.15) is 0 Å². The zero-order valence-corrected chi connectivity index (χ0v) is 13.1. The van der Waals surface area contributed by atoms with Gasteiger partial charge in [0.25, 0.3) is 0 Å². The summed E-state index contributed by atoms with van der Waals surface area (Å²) in [7, 11) is -1.34. The van der Waals surface area contributed by atoms with E-state index in [9.17, 15) is 8.42 Å². The van der Waals surface area contributed by atoms with E-state index in [0.717, 1.165) is 10.9 Å². The van der Waals surface area contributed by atoms with E-state index in [-0.39, 0.29) is 22.8 Å². The lowest BCUT2D eigenvalue weighted by atomic mass is 10.3. The average Bonchev–Trinajstić information content (AvgIpc) is 2.82. The van der Waals surface area contributed by atoms with Crippen LogP contribution in [0, 0.1) is 0 Å². The number of methoxy groups -OCH3 is 1. The first kappa shape index (κ1) is 14.0. The van der Waals surface area contributed by atoms with Crippen LogP contribution in [0.3, 0.4) is 0 Å². The number of ether oxygens (including phenoxy) is 1. The summed E-state index contributed by atoms with van der Waals surface area (Å²) in [6.45, 7) is 0. The number of hydrogen-bond acceptors (Lipinski definition) is 6. The number of aliphatic imine (C=N–C) groups is 1. The first-order valence-corrected chi connectivity index (χ1v) is 9.10. The van der Waals surface area contributed by atoms with Gasteiger partial charge in [-0.15, -0.1) is 0 Å². The Kier molecular flexibility index (Phi) is 3.60. The molecule has 2 aliphatic heterocycles. The molecule has 1 fully saturated rings. The fourth-order valence-electron chi connectivity index (χ4n) is 2.31. The maximum absolute atomic E-state index is 11.5. The molecule has 1 aromatic rings. The molecule has 2 atom stereocenters. The van der Waals surface area contributed by atoms with Crippen molar-refractivity contribution >= 4 is 44.1 Å². The lowest BCUT2D eigenvalue weighted by molar-refractivity contribution is 0.417. The quantitative estimate of drug-likeness (QED) is 0.897. The van der Waals surface area contributed by atoms with Crippen molar-refractivity contribution in [1.29, 1.82) is 0 Å². The van der Waals surface area contributed by atoms with Crippen LogP contribution in [0.2, 0.25) is 5.02 Å². The van der Waals surface area contributed by atoms with Gasteiger partial charge in [-0.2, -0.15) is 0 Å². The SMILES string of the molecule is COc1ccc(Cl)cc1NC1=NC2CS(=O)(=O)CC2S1. The first-order valence-electron chi connectivity index (χ1n) is 6.02. The molecule has 2 heterocycles. The molecule has 8 heteroatoms. The van der Waals surface area contributed by atoms with Crippen LogP contribution in [-0.4, -0.2) is 43.5 Å². The highest BCUT2D eigenvalue weighted by molar-refractivity contribution is 8.15. The Morgan fingerprint density at radius 3 is 2.95 bits per heavy atom. The summed E-state index contributed by atoms with van der Waals surface area (Å²) < 4.78 is 28.3.